The van der Waals surface area contributed by atoms with Crippen LogP contribution in [0.15, 0.2) is 0 Å². The Hall–Kier alpha value is -1.10. The molecule has 0 bridgehead atoms. The van der Waals surface area contributed by atoms with Crippen LogP contribution in [0.2, 0.25) is 0 Å². The topological polar surface area (TPSA) is 83.8 Å². The molecule has 0 amide bonds. The molecular formula is C9H12O5. The first-order valence-corrected chi connectivity index (χ1v) is 4.56. The summed E-state index contributed by atoms with van der Waals surface area (Å²) >= 11 is 0. The van der Waals surface area contributed by atoms with Crippen LogP contribution in [0.25, 0.3) is 0 Å². The molecule has 0 aromatic heterocycles. The molecule has 5 heteroatoms. The Labute approximate surface area is 80.7 Å². The molecule has 0 radical (unpaired) electrons. The van der Waals surface area contributed by atoms with E-state index in [1.54, 1.807) is 0 Å². The van der Waals surface area contributed by atoms with Gasteiger partial charge in [0.05, 0.1) is 17.9 Å². The monoisotopic (exact) mass is 200 g/mol. The first-order chi connectivity index (χ1) is 6.57. The summed E-state index contributed by atoms with van der Waals surface area (Å²) in [6.45, 7) is 0. The zero-order chi connectivity index (χ0) is 10.5. The van der Waals surface area contributed by atoms with Crippen molar-refractivity contribution in [3.8, 4) is 0 Å². The molecule has 0 aliphatic heterocycles. The Kier molecular flexibility index (Phi) is 1.99. The van der Waals surface area contributed by atoms with Crippen molar-refractivity contribution >= 4 is 11.9 Å². The van der Waals surface area contributed by atoms with Gasteiger partial charge in [0.15, 0.2) is 0 Å². The minimum atomic E-state index is -0.937. The van der Waals surface area contributed by atoms with Crippen LogP contribution in [0.4, 0.5) is 0 Å². The lowest BCUT2D eigenvalue weighted by molar-refractivity contribution is -0.153. The van der Waals surface area contributed by atoms with Crippen molar-refractivity contribution in [2.45, 2.75) is 12.5 Å². The molecule has 2 rings (SSSR count). The van der Waals surface area contributed by atoms with Gasteiger partial charge in [-0.25, -0.2) is 0 Å². The zero-order valence-corrected chi connectivity index (χ0v) is 7.71. The Balaban J connectivity index is 2.23. The van der Waals surface area contributed by atoms with Crippen molar-refractivity contribution < 1.29 is 24.5 Å². The van der Waals surface area contributed by atoms with E-state index < -0.39 is 29.9 Å². The summed E-state index contributed by atoms with van der Waals surface area (Å²) in [5.74, 6) is -3.12. The van der Waals surface area contributed by atoms with E-state index in [-0.39, 0.29) is 11.8 Å². The van der Waals surface area contributed by atoms with E-state index in [4.69, 9.17) is 14.9 Å². The summed E-state index contributed by atoms with van der Waals surface area (Å²) in [4.78, 5) is 21.8. The third kappa shape index (κ3) is 1.12. The number of hydrogen-bond donors (Lipinski definition) is 2. The fraction of sp³-hybridized carbons (Fsp3) is 0.778. The molecule has 78 valence electrons. The number of hydrogen-bond acceptors (Lipinski definition) is 3. The lowest BCUT2D eigenvalue weighted by atomic mass is 9.94. The molecule has 0 heterocycles. The summed E-state index contributed by atoms with van der Waals surface area (Å²) < 4.78 is 5.00. The highest BCUT2D eigenvalue weighted by Crippen LogP contribution is 2.59. The molecule has 2 fully saturated rings. The van der Waals surface area contributed by atoms with Crippen molar-refractivity contribution in [2.75, 3.05) is 7.11 Å². The molecule has 0 aromatic carbocycles. The van der Waals surface area contributed by atoms with Crippen molar-refractivity contribution in [1.82, 2.24) is 0 Å². The molecule has 5 nitrogen and oxygen atoms in total. The fourth-order valence-electron chi connectivity index (χ4n) is 2.71. The average Bonchev–Trinajstić information content (AvgIpc) is 2.77. The highest BCUT2D eigenvalue weighted by Gasteiger charge is 2.65. The van der Waals surface area contributed by atoms with Crippen LogP contribution >= 0.6 is 0 Å². The standard InChI is InChI=1S/C9H12O5/c1-14-7-5(8(10)11)3-2-4(3)6(7)9(12)13/h3-7H,2H2,1H3,(H,10,11)(H,12,13). The third-order valence-corrected chi connectivity index (χ3v) is 3.36. The van der Waals surface area contributed by atoms with E-state index in [1.165, 1.54) is 7.11 Å². The second-order valence-corrected chi connectivity index (χ2v) is 3.99. The first kappa shape index (κ1) is 9.45. The molecule has 4 unspecified atom stereocenters. The van der Waals surface area contributed by atoms with Gasteiger partial charge in [-0.2, -0.15) is 0 Å². The molecule has 2 aliphatic rings. The van der Waals surface area contributed by atoms with Crippen molar-refractivity contribution in [1.29, 1.82) is 0 Å². The van der Waals surface area contributed by atoms with Gasteiger partial charge in [-0.3, -0.25) is 9.59 Å². The smallest absolute Gasteiger partial charge is 0.309 e. The molecule has 0 spiro atoms. The highest BCUT2D eigenvalue weighted by molar-refractivity contribution is 5.79. The molecule has 2 aliphatic carbocycles. The Bertz CT molecular complexity index is 261. The minimum Gasteiger partial charge on any atom is -0.481 e. The van der Waals surface area contributed by atoms with Crippen molar-refractivity contribution in [3.63, 3.8) is 0 Å². The molecule has 4 atom stereocenters. The van der Waals surface area contributed by atoms with E-state index in [2.05, 4.69) is 0 Å². The van der Waals surface area contributed by atoms with Crippen LogP contribution in [0.3, 0.4) is 0 Å². The van der Waals surface area contributed by atoms with Crippen LogP contribution in [0.5, 0.6) is 0 Å². The van der Waals surface area contributed by atoms with Gasteiger partial charge in [0.2, 0.25) is 0 Å². The second kappa shape index (κ2) is 2.95. The summed E-state index contributed by atoms with van der Waals surface area (Å²) in [6.07, 6.45) is 0.0575. The molecule has 2 saturated carbocycles. The van der Waals surface area contributed by atoms with Gasteiger partial charge in [-0.1, -0.05) is 0 Å². The molecular weight excluding hydrogens is 188 g/mol. The maximum absolute atomic E-state index is 10.9. The molecule has 0 aromatic rings. The fourth-order valence-corrected chi connectivity index (χ4v) is 2.71. The maximum atomic E-state index is 10.9. The van der Waals surface area contributed by atoms with E-state index in [9.17, 15) is 9.59 Å². The average molecular weight is 200 g/mol. The minimum absolute atomic E-state index is 0.0125. The van der Waals surface area contributed by atoms with E-state index in [0.717, 1.165) is 0 Å². The lowest BCUT2D eigenvalue weighted by Crippen LogP contribution is -2.36. The summed E-state index contributed by atoms with van der Waals surface area (Å²) in [5.41, 5.74) is 0. The van der Waals surface area contributed by atoms with Gasteiger partial charge in [-0.15, -0.1) is 0 Å². The van der Waals surface area contributed by atoms with E-state index >= 15 is 0 Å². The Morgan fingerprint density at radius 3 is 1.86 bits per heavy atom. The van der Waals surface area contributed by atoms with Gasteiger partial charge in [0, 0.05) is 7.11 Å². The Morgan fingerprint density at radius 2 is 1.57 bits per heavy atom. The maximum Gasteiger partial charge on any atom is 0.309 e. The number of aliphatic carboxylic acids is 2. The van der Waals surface area contributed by atoms with Gasteiger partial charge >= 0.3 is 11.9 Å². The van der Waals surface area contributed by atoms with Gasteiger partial charge < -0.3 is 14.9 Å². The number of fused-ring (bicyclic) bond motifs is 1. The van der Waals surface area contributed by atoms with Crippen LogP contribution in [0, 0.1) is 23.7 Å². The number of carboxylic acids is 2. The number of ether oxygens (including phenoxy) is 1. The number of carboxylic acid groups (broad SMARTS) is 2. The number of rotatable bonds is 3. The SMILES string of the molecule is COC1C(C(=O)O)C2CC2C1C(=O)O. The highest BCUT2D eigenvalue weighted by atomic mass is 16.5. The summed E-state index contributed by atoms with van der Waals surface area (Å²) in [5, 5.41) is 17.9. The third-order valence-electron chi connectivity index (χ3n) is 3.36. The van der Waals surface area contributed by atoms with Gasteiger partial charge in [-0.05, 0) is 18.3 Å². The first-order valence-electron chi connectivity index (χ1n) is 4.56. The van der Waals surface area contributed by atoms with E-state index in [1.807, 2.05) is 0 Å². The molecule has 2 N–H and O–H groups in total. The summed E-state index contributed by atoms with van der Waals surface area (Å²) in [7, 11) is 1.38. The predicted octanol–water partition coefficient (Wildman–Crippen LogP) is 0.0527. The quantitative estimate of drug-likeness (QED) is 0.672. The van der Waals surface area contributed by atoms with Gasteiger partial charge in [0.25, 0.3) is 0 Å². The van der Waals surface area contributed by atoms with E-state index in [0.29, 0.717) is 6.42 Å². The lowest BCUT2D eigenvalue weighted by Gasteiger charge is -2.21. The van der Waals surface area contributed by atoms with Gasteiger partial charge in [0.1, 0.15) is 0 Å². The zero-order valence-electron chi connectivity index (χ0n) is 7.71. The van der Waals surface area contributed by atoms with Crippen molar-refractivity contribution in [2.24, 2.45) is 23.7 Å². The molecule has 14 heavy (non-hydrogen) atoms. The number of carbonyl (C=O) groups is 2. The predicted molar refractivity (Wildman–Crippen MR) is 44.6 cm³/mol. The number of methoxy groups -OCH3 is 1. The van der Waals surface area contributed by atoms with Crippen LogP contribution in [-0.2, 0) is 14.3 Å². The van der Waals surface area contributed by atoms with Crippen LogP contribution in [0.1, 0.15) is 6.42 Å². The normalized spacial score (nSPS) is 44.5. The second-order valence-electron chi connectivity index (χ2n) is 3.99. The Morgan fingerprint density at radius 1 is 1.14 bits per heavy atom. The molecule has 0 saturated heterocycles. The largest absolute Gasteiger partial charge is 0.481 e. The van der Waals surface area contributed by atoms with Crippen molar-refractivity contribution in [3.05, 3.63) is 0 Å². The van der Waals surface area contributed by atoms with Crippen LogP contribution < -0.4 is 0 Å². The van der Waals surface area contributed by atoms with Crippen LogP contribution in [-0.4, -0.2) is 35.4 Å². The summed E-state index contributed by atoms with van der Waals surface area (Å²) in [6, 6.07) is 0.